The molecule has 11 nitrogen and oxygen atoms in total. The van der Waals surface area contributed by atoms with Crippen LogP contribution in [0.15, 0.2) is 54.7 Å². The van der Waals surface area contributed by atoms with Gasteiger partial charge in [-0.15, -0.1) is 0 Å². The minimum atomic E-state index is -1.52. The molecule has 2 aliphatic heterocycles. The number of benzene rings is 2. The smallest absolute Gasteiger partial charge is 0.410 e. The summed E-state index contributed by atoms with van der Waals surface area (Å²) in [7, 11) is -1.32. The molecule has 2 fully saturated rings. The fourth-order valence-corrected chi connectivity index (χ4v) is 9.77. The maximum atomic E-state index is 14.8. The number of fused-ring (bicyclic) bond motifs is 3. The zero-order valence-electron chi connectivity index (χ0n) is 33.5. The van der Waals surface area contributed by atoms with E-state index in [1.165, 1.54) is 9.80 Å². The molecule has 3 amide bonds. The standard InChI is InChI=1S/C43H52F2N4O7Si/c1-6-7-17-55-40(53)49-27-41(2,31-21-32(44)23-33(45)22-31)48(39(52)43(49)14-8-9-15-43)26-36(50)56-34-13-12-29-24-42(25-30(29)20-34)35-11-10-16-46-37(35)47(38(42)51)28-54-18-19-57(3,4)5/h10-13,16,20-23H,6-9,14-15,17-19,24-28H2,1-5H3/t41-,42+/m0/s1. The first-order valence-electron chi connectivity index (χ1n) is 20.0. The van der Waals surface area contributed by atoms with Gasteiger partial charge in [0.05, 0.1) is 24.1 Å². The third-order valence-electron chi connectivity index (χ3n) is 12.2. The van der Waals surface area contributed by atoms with Crippen molar-refractivity contribution in [2.24, 2.45) is 0 Å². The molecule has 0 unspecified atom stereocenters. The van der Waals surface area contributed by atoms with Gasteiger partial charge in [-0.05, 0) is 92.1 Å². The molecule has 1 aromatic heterocycles. The highest BCUT2D eigenvalue weighted by molar-refractivity contribution is 6.76. The van der Waals surface area contributed by atoms with E-state index in [0.717, 1.165) is 47.4 Å². The Hall–Kier alpha value is -4.69. The Morgan fingerprint density at radius 2 is 1.65 bits per heavy atom. The molecule has 2 atom stereocenters. The lowest BCUT2D eigenvalue weighted by Gasteiger charge is -2.55. The van der Waals surface area contributed by atoms with Crippen molar-refractivity contribution in [3.05, 3.63) is 88.6 Å². The van der Waals surface area contributed by atoms with Crippen LogP contribution in [0.1, 0.15) is 74.6 Å². The van der Waals surface area contributed by atoms with Gasteiger partial charge in [-0.25, -0.2) is 23.4 Å². The van der Waals surface area contributed by atoms with Crippen LogP contribution in [-0.4, -0.2) is 85.3 Å². The fraction of sp³-hybridized carbons (Fsp3) is 0.512. The lowest BCUT2D eigenvalue weighted by molar-refractivity contribution is -0.167. The van der Waals surface area contributed by atoms with Crippen LogP contribution in [0.3, 0.4) is 0 Å². The second kappa shape index (κ2) is 15.6. The van der Waals surface area contributed by atoms with E-state index in [0.29, 0.717) is 57.4 Å². The fourth-order valence-electron chi connectivity index (χ4n) is 9.02. The Bertz CT molecular complexity index is 2050. The van der Waals surface area contributed by atoms with E-state index in [1.54, 1.807) is 30.2 Å². The van der Waals surface area contributed by atoms with Gasteiger partial charge < -0.3 is 19.1 Å². The Balaban J connectivity index is 1.12. The first-order valence-corrected chi connectivity index (χ1v) is 23.7. The number of carbonyl (C=O) groups is 4. The third-order valence-corrected chi connectivity index (χ3v) is 13.9. The number of amides is 3. The van der Waals surface area contributed by atoms with Crippen molar-refractivity contribution in [2.45, 2.75) is 107 Å². The Morgan fingerprint density at radius 3 is 2.35 bits per heavy atom. The number of carbonyl (C=O) groups excluding carboxylic acids is 4. The van der Waals surface area contributed by atoms with E-state index >= 15 is 0 Å². The molecule has 1 saturated carbocycles. The molecule has 2 spiro atoms. The van der Waals surface area contributed by atoms with Gasteiger partial charge in [0.2, 0.25) is 11.8 Å². The maximum absolute atomic E-state index is 14.8. The summed E-state index contributed by atoms with van der Waals surface area (Å²) in [5.74, 6) is -2.23. The highest BCUT2D eigenvalue weighted by Gasteiger charge is 2.60. The molecule has 2 aromatic carbocycles. The Kier molecular flexibility index (Phi) is 11.1. The van der Waals surface area contributed by atoms with E-state index in [2.05, 4.69) is 24.6 Å². The van der Waals surface area contributed by atoms with Gasteiger partial charge in [0.1, 0.15) is 42.0 Å². The summed E-state index contributed by atoms with van der Waals surface area (Å²) in [5, 5.41) is 0. The van der Waals surface area contributed by atoms with Crippen LogP contribution in [0.25, 0.3) is 0 Å². The molecule has 14 heteroatoms. The van der Waals surface area contributed by atoms with Crippen LogP contribution in [-0.2, 0) is 47.7 Å². The normalized spacial score (nSPS) is 22.4. The average Bonchev–Trinajstić information content (AvgIpc) is 3.86. The molecule has 0 radical (unpaired) electrons. The number of unbranched alkanes of at least 4 members (excludes halogenated alkanes) is 1. The number of aromatic nitrogens is 1. The molecule has 0 N–H and O–H groups in total. The van der Waals surface area contributed by atoms with Crippen LogP contribution < -0.4 is 9.64 Å². The Labute approximate surface area is 333 Å². The second-order valence-electron chi connectivity index (χ2n) is 17.4. The summed E-state index contributed by atoms with van der Waals surface area (Å²) in [6.07, 6.45) is 5.34. The predicted octanol–water partition coefficient (Wildman–Crippen LogP) is 7.27. The SMILES string of the molecule is CCCCOC(=O)N1C[C@@](C)(c2cc(F)cc(F)c2)N(CC(=O)Oc2ccc3c(c2)C[C@@]2(C3)C(=O)N(COCC[Si](C)(C)C)c3ncccc32)C(=O)C12CCCC2. The van der Waals surface area contributed by atoms with E-state index < -0.39 is 60.7 Å². The molecule has 3 aromatic rings. The molecule has 304 valence electrons. The summed E-state index contributed by atoms with van der Waals surface area (Å²) >= 11 is 0. The first kappa shape index (κ1) is 40.5. The monoisotopic (exact) mass is 802 g/mol. The van der Waals surface area contributed by atoms with Crippen molar-refractivity contribution >= 4 is 37.8 Å². The van der Waals surface area contributed by atoms with E-state index in [4.69, 9.17) is 14.2 Å². The van der Waals surface area contributed by atoms with Gasteiger partial charge in [0.25, 0.3) is 0 Å². The first-order chi connectivity index (χ1) is 27.1. The number of hydrogen-bond donors (Lipinski definition) is 0. The van der Waals surface area contributed by atoms with Crippen molar-refractivity contribution < 1.29 is 42.2 Å². The molecule has 1 saturated heterocycles. The quantitative estimate of drug-likeness (QED) is 0.0813. The van der Waals surface area contributed by atoms with Gasteiger partial charge >= 0.3 is 12.1 Å². The van der Waals surface area contributed by atoms with E-state index in [1.807, 2.05) is 25.1 Å². The van der Waals surface area contributed by atoms with Crippen molar-refractivity contribution in [3.63, 3.8) is 0 Å². The zero-order valence-corrected chi connectivity index (χ0v) is 34.5. The van der Waals surface area contributed by atoms with Gasteiger partial charge in [0.15, 0.2) is 0 Å². The molecule has 2 aliphatic carbocycles. The van der Waals surface area contributed by atoms with Crippen LogP contribution >= 0.6 is 0 Å². The minimum absolute atomic E-state index is 0.0836. The molecular formula is C43H52F2N4O7Si. The lowest BCUT2D eigenvalue weighted by atomic mass is 9.79. The predicted molar refractivity (Wildman–Crippen MR) is 211 cm³/mol. The number of piperazine rings is 1. The zero-order chi connectivity index (χ0) is 40.8. The molecule has 0 bridgehead atoms. The summed E-state index contributed by atoms with van der Waals surface area (Å²) in [6, 6.07) is 13.0. The number of nitrogens with zero attached hydrogens (tertiary/aromatic N) is 4. The van der Waals surface area contributed by atoms with Crippen molar-refractivity contribution in [3.8, 4) is 5.75 Å². The van der Waals surface area contributed by atoms with Crippen molar-refractivity contribution in [1.29, 1.82) is 0 Å². The lowest BCUT2D eigenvalue weighted by Crippen LogP contribution is -2.73. The third kappa shape index (κ3) is 7.58. The van der Waals surface area contributed by atoms with Gasteiger partial charge in [0, 0.05) is 32.5 Å². The number of ether oxygens (including phenoxy) is 3. The summed E-state index contributed by atoms with van der Waals surface area (Å²) in [6.45, 7) is 10.6. The maximum Gasteiger partial charge on any atom is 0.410 e. The number of hydrogen-bond acceptors (Lipinski definition) is 8. The summed E-state index contributed by atoms with van der Waals surface area (Å²) in [5.41, 5.74) is -0.952. The largest absolute Gasteiger partial charge is 0.449 e. The summed E-state index contributed by atoms with van der Waals surface area (Å²) in [4.78, 5) is 65.5. The van der Waals surface area contributed by atoms with Crippen LogP contribution in [0.2, 0.25) is 25.7 Å². The topological polar surface area (TPSA) is 119 Å². The van der Waals surface area contributed by atoms with Gasteiger partial charge in [-0.2, -0.15) is 0 Å². The van der Waals surface area contributed by atoms with Crippen LogP contribution in [0, 0.1) is 11.6 Å². The highest BCUT2D eigenvalue weighted by atomic mass is 28.3. The van der Waals surface area contributed by atoms with Gasteiger partial charge in [-0.1, -0.05) is 58.0 Å². The highest BCUT2D eigenvalue weighted by Crippen LogP contribution is 2.50. The Morgan fingerprint density at radius 1 is 0.930 bits per heavy atom. The number of esters is 1. The number of anilines is 1. The van der Waals surface area contributed by atoms with Crippen LogP contribution in [0.5, 0.6) is 5.75 Å². The molecular weight excluding hydrogens is 751 g/mol. The van der Waals surface area contributed by atoms with E-state index in [-0.39, 0.29) is 37.1 Å². The molecule has 4 aliphatic rings. The molecule has 3 heterocycles. The van der Waals surface area contributed by atoms with Crippen molar-refractivity contribution in [2.75, 3.05) is 37.9 Å². The average molecular weight is 803 g/mol. The second-order valence-corrected chi connectivity index (χ2v) is 23.0. The molecule has 7 rings (SSSR count). The number of pyridine rings is 1. The number of rotatable bonds is 12. The van der Waals surface area contributed by atoms with Crippen LogP contribution in [0.4, 0.5) is 19.4 Å². The van der Waals surface area contributed by atoms with Gasteiger partial charge in [-0.3, -0.25) is 19.4 Å². The van der Waals surface area contributed by atoms with E-state index in [9.17, 15) is 28.0 Å². The van der Waals surface area contributed by atoms with Crippen molar-refractivity contribution in [1.82, 2.24) is 14.8 Å². The number of halogens is 2. The molecule has 57 heavy (non-hydrogen) atoms. The summed E-state index contributed by atoms with van der Waals surface area (Å²) < 4.78 is 47.1. The minimum Gasteiger partial charge on any atom is -0.449 e.